The van der Waals surface area contributed by atoms with E-state index in [1.165, 1.54) is 0 Å². The van der Waals surface area contributed by atoms with E-state index in [2.05, 4.69) is 6.92 Å². The smallest absolute Gasteiger partial charge is 0.273 e. The van der Waals surface area contributed by atoms with Gasteiger partial charge < -0.3 is 24.8 Å². The summed E-state index contributed by atoms with van der Waals surface area (Å²) in [5, 5.41) is 9.22. The first-order valence-corrected chi connectivity index (χ1v) is 12.7. The zero-order chi connectivity index (χ0) is 26.0. The molecular weight excluding hydrogens is 456 g/mol. The largest absolute Gasteiger partial charge is 0.497 e. The first-order chi connectivity index (χ1) is 17.2. The minimum absolute atomic E-state index is 0.0232. The first kappa shape index (κ1) is 25.6. The Morgan fingerprint density at radius 2 is 1.89 bits per heavy atom. The van der Waals surface area contributed by atoms with E-state index in [-0.39, 0.29) is 23.8 Å². The van der Waals surface area contributed by atoms with Crippen LogP contribution >= 0.6 is 0 Å². The molecule has 1 aromatic carbocycles. The number of benzene rings is 1. The molecule has 0 aliphatic carbocycles. The standard InChI is InChI=1S/C27H36N6O3/c1-6-20(14-19-8-7-9-21(15-19)36-5)23(28)24-22-16-33(17(2)3)26(35)25(22)30-27(29-24)32-12-10-31(11-13-32)18(4)34/h7-9,15,17,20,28H,6,10-14,16H2,1-5H3. The number of ether oxygens (including phenoxy) is 1. The van der Waals surface area contributed by atoms with E-state index in [1.54, 1.807) is 23.8 Å². The zero-order valence-corrected chi connectivity index (χ0v) is 21.9. The molecule has 3 heterocycles. The Morgan fingerprint density at radius 3 is 2.50 bits per heavy atom. The van der Waals surface area contributed by atoms with Crippen LogP contribution in [0, 0.1) is 11.3 Å². The second kappa shape index (κ2) is 10.6. The third-order valence-electron chi connectivity index (χ3n) is 7.19. The summed E-state index contributed by atoms with van der Waals surface area (Å²) in [5.74, 6) is 1.13. The summed E-state index contributed by atoms with van der Waals surface area (Å²) < 4.78 is 5.38. The SMILES string of the molecule is CCC(Cc1cccc(OC)c1)C(=N)c1nc(N2CCN(C(C)=O)CC2)nc2c1CN(C(C)C)C2=O. The van der Waals surface area contributed by atoms with Crippen molar-refractivity contribution in [2.45, 2.75) is 53.1 Å². The number of fused-ring (bicyclic) bond motifs is 1. The van der Waals surface area contributed by atoms with Crippen LogP contribution in [-0.2, 0) is 17.8 Å². The summed E-state index contributed by atoms with van der Waals surface area (Å²) in [5.41, 5.74) is 3.24. The molecule has 0 radical (unpaired) electrons. The van der Waals surface area contributed by atoms with Gasteiger partial charge in [-0.1, -0.05) is 19.1 Å². The van der Waals surface area contributed by atoms with E-state index in [0.29, 0.717) is 62.2 Å². The van der Waals surface area contributed by atoms with Gasteiger partial charge in [0.15, 0.2) is 0 Å². The fraction of sp³-hybridized carbons (Fsp3) is 0.519. The van der Waals surface area contributed by atoms with Crippen molar-refractivity contribution in [3.63, 3.8) is 0 Å². The van der Waals surface area contributed by atoms with Crippen molar-refractivity contribution in [2.75, 3.05) is 38.2 Å². The quantitative estimate of drug-likeness (QED) is 0.568. The van der Waals surface area contributed by atoms with Crippen LogP contribution in [0.4, 0.5) is 5.95 Å². The number of anilines is 1. The second-order valence-corrected chi connectivity index (χ2v) is 9.79. The number of piperazine rings is 1. The Kier molecular flexibility index (Phi) is 7.56. The molecule has 2 amide bonds. The third kappa shape index (κ3) is 5.05. The monoisotopic (exact) mass is 492 g/mol. The third-order valence-corrected chi connectivity index (χ3v) is 7.19. The Labute approximate surface area is 213 Å². The molecule has 9 nitrogen and oxygen atoms in total. The second-order valence-electron chi connectivity index (χ2n) is 9.79. The molecule has 192 valence electrons. The highest BCUT2D eigenvalue weighted by atomic mass is 16.5. The highest BCUT2D eigenvalue weighted by Crippen LogP contribution is 2.30. The number of hydrogen-bond acceptors (Lipinski definition) is 7. The molecule has 1 N–H and O–H groups in total. The van der Waals surface area contributed by atoms with Gasteiger partial charge >= 0.3 is 0 Å². The number of rotatable bonds is 8. The zero-order valence-electron chi connectivity index (χ0n) is 21.9. The highest BCUT2D eigenvalue weighted by Gasteiger charge is 2.37. The molecule has 4 rings (SSSR count). The van der Waals surface area contributed by atoms with Crippen molar-refractivity contribution in [3.05, 3.63) is 46.8 Å². The van der Waals surface area contributed by atoms with Gasteiger partial charge in [0, 0.05) is 50.6 Å². The molecule has 1 fully saturated rings. The number of hydrogen-bond donors (Lipinski definition) is 1. The average Bonchev–Trinajstić information content (AvgIpc) is 3.23. The summed E-state index contributed by atoms with van der Waals surface area (Å²) in [7, 11) is 1.65. The maximum atomic E-state index is 13.3. The predicted molar refractivity (Wildman–Crippen MR) is 139 cm³/mol. The molecule has 36 heavy (non-hydrogen) atoms. The summed E-state index contributed by atoms with van der Waals surface area (Å²) in [6.45, 7) is 10.4. The summed E-state index contributed by atoms with van der Waals surface area (Å²) in [6, 6.07) is 7.95. The molecule has 1 unspecified atom stereocenters. The van der Waals surface area contributed by atoms with E-state index in [1.807, 2.05) is 43.0 Å². The number of methoxy groups -OCH3 is 1. The normalized spacial score (nSPS) is 16.4. The molecule has 1 atom stereocenters. The van der Waals surface area contributed by atoms with Crippen LogP contribution in [0.25, 0.3) is 0 Å². The molecule has 0 saturated carbocycles. The van der Waals surface area contributed by atoms with Gasteiger partial charge in [-0.25, -0.2) is 9.97 Å². The van der Waals surface area contributed by atoms with Crippen molar-refractivity contribution in [2.24, 2.45) is 5.92 Å². The Hall–Kier alpha value is -3.49. The van der Waals surface area contributed by atoms with Gasteiger partial charge in [0.25, 0.3) is 5.91 Å². The van der Waals surface area contributed by atoms with Crippen molar-refractivity contribution in [3.8, 4) is 5.75 Å². The van der Waals surface area contributed by atoms with Crippen molar-refractivity contribution in [1.29, 1.82) is 5.41 Å². The molecule has 0 spiro atoms. The van der Waals surface area contributed by atoms with Crippen LogP contribution in [-0.4, -0.2) is 76.6 Å². The molecule has 1 aromatic heterocycles. The summed E-state index contributed by atoms with van der Waals surface area (Å²) >= 11 is 0. The minimum atomic E-state index is -0.110. The lowest BCUT2D eigenvalue weighted by atomic mass is 9.89. The van der Waals surface area contributed by atoms with E-state index < -0.39 is 0 Å². The van der Waals surface area contributed by atoms with Crippen LogP contribution in [0.1, 0.15) is 61.4 Å². The lowest BCUT2D eigenvalue weighted by molar-refractivity contribution is -0.129. The first-order valence-electron chi connectivity index (χ1n) is 12.7. The van der Waals surface area contributed by atoms with E-state index in [4.69, 9.17) is 14.7 Å². The number of aromatic nitrogens is 2. The summed E-state index contributed by atoms with van der Waals surface area (Å²) in [6.07, 6.45) is 1.45. The van der Waals surface area contributed by atoms with E-state index in [0.717, 1.165) is 23.3 Å². The van der Waals surface area contributed by atoms with Gasteiger partial charge in [-0.3, -0.25) is 9.59 Å². The van der Waals surface area contributed by atoms with E-state index in [9.17, 15) is 15.0 Å². The fourth-order valence-corrected chi connectivity index (χ4v) is 4.91. The number of carbonyl (C=O) groups excluding carboxylic acids is 2. The lowest BCUT2D eigenvalue weighted by Crippen LogP contribution is -2.48. The van der Waals surface area contributed by atoms with Crippen LogP contribution in [0.3, 0.4) is 0 Å². The molecule has 2 aliphatic rings. The van der Waals surface area contributed by atoms with Gasteiger partial charge in [0.05, 0.1) is 25.1 Å². The van der Waals surface area contributed by atoms with Gasteiger partial charge in [-0.05, 0) is 44.4 Å². The number of nitrogens with zero attached hydrogens (tertiary/aromatic N) is 5. The van der Waals surface area contributed by atoms with Crippen molar-refractivity contribution in [1.82, 2.24) is 19.8 Å². The molecule has 1 saturated heterocycles. The maximum Gasteiger partial charge on any atom is 0.273 e. The number of carbonyl (C=O) groups is 2. The Bertz CT molecular complexity index is 1160. The van der Waals surface area contributed by atoms with Gasteiger partial charge in [-0.15, -0.1) is 0 Å². The lowest BCUT2D eigenvalue weighted by Gasteiger charge is -2.34. The number of nitrogens with one attached hydrogen (secondary N) is 1. The molecule has 2 aromatic rings. The topological polar surface area (TPSA) is 103 Å². The highest BCUT2D eigenvalue weighted by molar-refractivity contribution is 6.05. The maximum absolute atomic E-state index is 13.3. The summed E-state index contributed by atoms with van der Waals surface area (Å²) in [4.78, 5) is 40.2. The van der Waals surface area contributed by atoms with Crippen molar-refractivity contribution < 1.29 is 14.3 Å². The van der Waals surface area contributed by atoms with Crippen molar-refractivity contribution >= 4 is 23.5 Å². The molecule has 2 aliphatic heterocycles. The fourth-order valence-electron chi connectivity index (χ4n) is 4.91. The van der Waals surface area contributed by atoms with Gasteiger partial charge in [-0.2, -0.15) is 0 Å². The Balaban J connectivity index is 1.69. The molecular formula is C27H36N6O3. The Morgan fingerprint density at radius 1 is 1.17 bits per heavy atom. The van der Waals surface area contributed by atoms with Crippen LogP contribution < -0.4 is 9.64 Å². The predicted octanol–water partition coefficient (Wildman–Crippen LogP) is 3.15. The minimum Gasteiger partial charge on any atom is -0.497 e. The van der Waals surface area contributed by atoms with Gasteiger partial charge in [0.2, 0.25) is 11.9 Å². The molecule has 9 heteroatoms. The average molecular weight is 493 g/mol. The van der Waals surface area contributed by atoms with E-state index >= 15 is 0 Å². The van der Waals surface area contributed by atoms with Crippen LogP contribution in [0.2, 0.25) is 0 Å². The molecule has 0 bridgehead atoms. The van der Waals surface area contributed by atoms with Crippen LogP contribution in [0.5, 0.6) is 5.75 Å². The number of amides is 2. The van der Waals surface area contributed by atoms with Gasteiger partial charge in [0.1, 0.15) is 11.4 Å². The van der Waals surface area contributed by atoms with Crippen LogP contribution in [0.15, 0.2) is 24.3 Å².